The fraction of sp³-hybridized carbons (Fsp3) is 0.316. The molecule has 6 nitrogen and oxygen atoms in total. The van der Waals surface area contributed by atoms with Crippen LogP contribution in [0.4, 0.5) is 0 Å². The molecule has 0 bridgehead atoms. The van der Waals surface area contributed by atoms with Crippen LogP contribution in [-0.2, 0) is 24.3 Å². The van der Waals surface area contributed by atoms with E-state index < -0.39 is 0 Å². The van der Waals surface area contributed by atoms with Gasteiger partial charge >= 0.3 is 0 Å². The van der Waals surface area contributed by atoms with Gasteiger partial charge in [-0.05, 0) is 52.1 Å². The van der Waals surface area contributed by atoms with Crippen molar-refractivity contribution in [3.05, 3.63) is 59.2 Å². The summed E-state index contributed by atoms with van der Waals surface area (Å²) in [7, 11) is 0. The zero-order valence-corrected chi connectivity index (χ0v) is 14.1. The molecule has 1 aliphatic rings. The lowest BCUT2D eigenvalue weighted by molar-refractivity contribution is -0.127. The lowest BCUT2D eigenvalue weighted by Gasteiger charge is -2.35. The van der Waals surface area contributed by atoms with Crippen LogP contribution in [0.25, 0.3) is 11.0 Å². The van der Waals surface area contributed by atoms with Gasteiger partial charge in [0.05, 0.1) is 6.04 Å². The predicted octanol–water partition coefficient (Wildman–Crippen LogP) is 2.29. The maximum Gasteiger partial charge on any atom is 0.237 e. The van der Waals surface area contributed by atoms with Crippen molar-refractivity contribution >= 4 is 16.9 Å². The Hall–Kier alpha value is -2.73. The quantitative estimate of drug-likeness (QED) is 0.791. The van der Waals surface area contributed by atoms with Crippen LogP contribution in [0, 0.1) is 0 Å². The van der Waals surface area contributed by atoms with E-state index in [1.165, 1.54) is 11.1 Å². The van der Waals surface area contributed by atoms with Crippen molar-refractivity contribution in [1.82, 2.24) is 20.5 Å². The first-order valence-corrected chi connectivity index (χ1v) is 8.54. The van der Waals surface area contributed by atoms with Crippen LogP contribution < -0.4 is 5.32 Å². The maximum atomic E-state index is 12.8. The third-order valence-electron chi connectivity index (χ3n) is 4.84. The van der Waals surface area contributed by atoms with Gasteiger partial charge in [-0.2, -0.15) is 0 Å². The average Bonchev–Trinajstić information content (AvgIpc) is 3.12. The topological polar surface area (TPSA) is 71.3 Å². The summed E-state index contributed by atoms with van der Waals surface area (Å²) < 4.78 is 4.71. The second kappa shape index (κ2) is 6.64. The first kappa shape index (κ1) is 15.8. The third-order valence-corrected chi connectivity index (χ3v) is 4.84. The Labute approximate surface area is 145 Å². The van der Waals surface area contributed by atoms with E-state index in [1.54, 1.807) is 0 Å². The standard InChI is InChI=1S/C19H20N4O2/c1-2-23-12-15-6-4-3-5-14(15)10-18(23)19(24)20-11-13-7-8-16-17(9-13)22-25-21-16/h3-9,18H,2,10-12H2,1H3,(H,20,24)/t18-/m0/s1. The second-order valence-corrected chi connectivity index (χ2v) is 6.36. The van der Waals surface area contributed by atoms with Crippen molar-refractivity contribution in [3.63, 3.8) is 0 Å². The number of nitrogens with one attached hydrogen (secondary N) is 1. The minimum atomic E-state index is -0.127. The number of hydrogen-bond donors (Lipinski definition) is 1. The van der Waals surface area contributed by atoms with E-state index in [2.05, 4.69) is 45.7 Å². The van der Waals surface area contributed by atoms with Gasteiger partial charge in [0.2, 0.25) is 5.91 Å². The molecule has 0 spiro atoms. The number of likely N-dealkylation sites (N-methyl/N-ethyl adjacent to an activating group) is 1. The highest BCUT2D eigenvalue weighted by Crippen LogP contribution is 2.23. The van der Waals surface area contributed by atoms with Gasteiger partial charge in [0, 0.05) is 13.1 Å². The molecule has 6 heteroatoms. The molecule has 1 aliphatic heterocycles. The van der Waals surface area contributed by atoms with E-state index in [0.29, 0.717) is 12.1 Å². The number of carbonyl (C=O) groups excluding carboxylic acids is 1. The van der Waals surface area contributed by atoms with E-state index in [-0.39, 0.29) is 11.9 Å². The lowest BCUT2D eigenvalue weighted by Crippen LogP contribution is -2.49. The summed E-state index contributed by atoms with van der Waals surface area (Å²) in [5.41, 5.74) is 4.99. The first-order valence-electron chi connectivity index (χ1n) is 8.54. The van der Waals surface area contributed by atoms with Crippen LogP contribution >= 0.6 is 0 Å². The first-order chi connectivity index (χ1) is 12.2. The highest BCUT2D eigenvalue weighted by atomic mass is 16.6. The van der Waals surface area contributed by atoms with Crippen LogP contribution in [-0.4, -0.2) is 33.7 Å². The minimum Gasteiger partial charge on any atom is -0.351 e. The van der Waals surface area contributed by atoms with Crippen LogP contribution in [0.2, 0.25) is 0 Å². The molecule has 4 rings (SSSR count). The smallest absolute Gasteiger partial charge is 0.237 e. The number of rotatable bonds is 4. The number of nitrogens with zero attached hydrogens (tertiary/aromatic N) is 3. The molecule has 1 aromatic heterocycles. The van der Waals surface area contributed by atoms with Gasteiger partial charge in [0.1, 0.15) is 11.0 Å². The number of fused-ring (bicyclic) bond motifs is 2. The average molecular weight is 336 g/mol. The number of hydrogen-bond acceptors (Lipinski definition) is 5. The normalized spacial score (nSPS) is 17.4. The minimum absolute atomic E-state index is 0.0646. The molecular weight excluding hydrogens is 316 g/mol. The molecule has 2 aromatic carbocycles. The highest BCUT2D eigenvalue weighted by Gasteiger charge is 2.30. The van der Waals surface area contributed by atoms with E-state index in [0.717, 1.165) is 30.6 Å². The summed E-state index contributed by atoms with van der Waals surface area (Å²) in [6, 6.07) is 13.9. The van der Waals surface area contributed by atoms with Gasteiger partial charge in [-0.3, -0.25) is 9.69 Å². The molecule has 0 fully saturated rings. The molecular formula is C19H20N4O2. The van der Waals surface area contributed by atoms with Crippen molar-refractivity contribution < 1.29 is 9.42 Å². The van der Waals surface area contributed by atoms with Crippen molar-refractivity contribution in [1.29, 1.82) is 0 Å². The highest BCUT2D eigenvalue weighted by molar-refractivity contribution is 5.82. The Kier molecular flexibility index (Phi) is 4.19. The molecule has 0 aliphatic carbocycles. The summed E-state index contributed by atoms with van der Waals surface area (Å²) in [5, 5.41) is 10.7. The SMILES string of the molecule is CCN1Cc2ccccc2C[C@H]1C(=O)NCc1ccc2nonc2c1. The van der Waals surface area contributed by atoms with Crippen molar-refractivity contribution in [2.75, 3.05) is 6.54 Å². The Bertz CT molecular complexity index is 905. The summed E-state index contributed by atoms with van der Waals surface area (Å²) >= 11 is 0. The van der Waals surface area contributed by atoms with E-state index in [1.807, 2.05) is 24.3 Å². The van der Waals surface area contributed by atoms with Gasteiger partial charge in [-0.1, -0.05) is 37.3 Å². The Balaban J connectivity index is 1.46. The number of amides is 1. The molecule has 128 valence electrons. The zero-order chi connectivity index (χ0) is 17.2. The fourth-order valence-electron chi connectivity index (χ4n) is 3.41. The number of benzene rings is 2. The predicted molar refractivity (Wildman–Crippen MR) is 93.7 cm³/mol. The summed E-state index contributed by atoms with van der Waals surface area (Å²) in [5.74, 6) is 0.0646. The lowest BCUT2D eigenvalue weighted by atomic mass is 9.93. The van der Waals surface area contributed by atoms with Crippen molar-refractivity contribution in [2.45, 2.75) is 32.5 Å². The molecule has 0 saturated carbocycles. The van der Waals surface area contributed by atoms with Crippen molar-refractivity contribution in [2.24, 2.45) is 0 Å². The van der Waals surface area contributed by atoms with Crippen LogP contribution in [0.3, 0.4) is 0 Å². The van der Waals surface area contributed by atoms with Gasteiger partial charge in [0.15, 0.2) is 0 Å². The van der Waals surface area contributed by atoms with E-state index in [4.69, 9.17) is 4.63 Å². The molecule has 1 N–H and O–H groups in total. The molecule has 3 aromatic rings. The van der Waals surface area contributed by atoms with E-state index >= 15 is 0 Å². The van der Waals surface area contributed by atoms with Gasteiger partial charge in [-0.25, -0.2) is 4.63 Å². The van der Waals surface area contributed by atoms with Gasteiger partial charge < -0.3 is 5.32 Å². The molecule has 0 unspecified atom stereocenters. The molecule has 0 saturated heterocycles. The number of aromatic nitrogens is 2. The molecule has 25 heavy (non-hydrogen) atoms. The van der Waals surface area contributed by atoms with Gasteiger partial charge in [0.25, 0.3) is 0 Å². The third kappa shape index (κ3) is 3.13. The zero-order valence-electron chi connectivity index (χ0n) is 14.1. The molecule has 2 heterocycles. The van der Waals surface area contributed by atoms with Crippen LogP contribution in [0.5, 0.6) is 0 Å². The Morgan fingerprint density at radius 1 is 1.20 bits per heavy atom. The number of carbonyl (C=O) groups is 1. The fourth-order valence-corrected chi connectivity index (χ4v) is 3.41. The largest absolute Gasteiger partial charge is 0.351 e. The summed E-state index contributed by atoms with van der Waals surface area (Å²) in [6.45, 7) is 4.24. The van der Waals surface area contributed by atoms with E-state index in [9.17, 15) is 4.79 Å². The Morgan fingerprint density at radius 2 is 2.00 bits per heavy atom. The van der Waals surface area contributed by atoms with Crippen molar-refractivity contribution in [3.8, 4) is 0 Å². The second-order valence-electron chi connectivity index (χ2n) is 6.36. The Morgan fingerprint density at radius 3 is 2.84 bits per heavy atom. The molecule has 1 amide bonds. The summed E-state index contributed by atoms with van der Waals surface area (Å²) in [6.07, 6.45) is 0.752. The summed E-state index contributed by atoms with van der Waals surface area (Å²) in [4.78, 5) is 15.0. The molecule has 0 radical (unpaired) electrons. The maximum absolute atomic E-state index is 12.8. The molecule has 1 atom stereocenters. The van der Waals surface area contributed by atoms with Gasteiger partial charge in [-0.15, -0.1) is 0 Å². The van der Waals surface area contributed by atoms with Crippen LogP contribution in [0.15, 0.2) is 47.1 Å². The van der Waals surface area contributed by atoms with Crippen LogP contribution in [0.1, 0.15) is 23.6 Å². The monoisotopic (exact) mass is 336 g/mol.